The monoisotopic (exact) mass is 506 g/mol. The fraction of sp³-hybridized carbons (Fsp3) is 0.864. The number of rotatable bonds is 16. The second-order valence-electron chi connectivity index (χ2n) is 8.84. The molecule has 2 unspecified atom stereocenters. The van der Waals surface area contributed by atoms with Crippen molar-refractivity contribution in [2.24, 2.45) is 11.5 Å². The average Bonchev–Trinajstić information content (AvgIpc) is 2.80. The molecule has 1 aliphatic rings. The van der Waals surface area contributed by atoms with Gasteiger partial charge >= 0.3 is 5.97 Å². The molecule has 8 atom stereocenters. The van der Waals surface area contributed by atoms with Gasteiger partial charge in [0.25, 0.3) is 0 Å². The molecule has 0 spiro atoms. The van der Waals surface area contributed by atoms with Gasteiger partial charge in [0.15, 0.2) is 6.29 Å². The van der Waals surface area contributed by atoms with Crippen LogP contribution in [0.1, 0.15) is 52.9 Å². The van der Waals surface area contributed by atoms with Crippen molar-refractivity contribution < 1.29 is 44.3 Å². The number of aliphatic carboxylic acids is 1. The first-order chi connectivity index (χ1) is 16.5. The Morgan fingerprint density at radius 1 is 1.23 bits per heavy atom. The molecule has 0 saturated carbocycles. The number of primary amides is 1. The Hall–Kier alpha value is -1.87. The van der Waals surface area contributed by atoms with E-state index in [1.807, 2.05) is 6.92 Å². The molecule has 1 fully saturated rings. The highest BCUT2D eigenvalue weighted by Crippen LogP contribution is 2.24. The summed E-state index contributed by atoms with van der Waals surface area (Å²) in [5, 5.41) is 42.9. The topological polar surface area (TPSA) is 218 Å². The number of aliphatic hydroxyl groups excluding tert-OH is 3. The lowest BCUT2D eigenvalue weighted by Crippen LogP contribution is -2.65. The molecule has 2 amide bonds. The number of aliphatic hydroxyl groups is 3. The van der Waals surface area contributed by atoms with E-state index in [0.29, 0.717) is 6.54 Å². The van der Waals surface area contributed by atoms with Crippen LogP contribution in [0.15, 0.2) is 0 Å². The molecule has 1 aliphatic heterocycles. The van der Waals surface area contributed by atoms with Crippen molar-refractivity contribution in [1.82, 2.24) is 10.2 Å². The largest absolute Gasteiger partial charge is 0.481 e. The van der Waals surface area contributed by atoms with Gasteiger partial charge in [-0.2, -0.15) is 0 Å². The maximum absolute atomic E-state index is 13.0. The minimum atomic E-state index is -1.37. The van der Waals surface area contributed by atoms with E-state index in [2.05, 4.69) is 5.32 Å². The number of unbranched alkanes of at least 4 members (excludes halogenated alkanes) is 1. The first kappa shape index (κ1) is 31.2. The van der Waals surface area contributed by atoms with Crippen LogP contribution in [0, 0.1) is 0 Å². The number of nitrogens with one attached hydrogen (secondary N) is 1. The third-order valence-corrected chi connectivity index (χ3v) is 6.00. The third-order valence-electron chi connectivity index (χ3n) is 6.00. The maximum Gasteiger partial charge on any atom is 0.303 e. The summed E-state index contributed by atoms with van der Waals surface area (Å²) in [7, 11) is 0. The third kappa shape index (κ3) is 9.26. The van der Waals surface area contributed by atoms with Crippen LogP contribution in [0.3, 0.4) is 0 Å². The molecule has 1 heterocycles. The van der Waals surface area contributed by atoms with Crippen molar-refractivity contribution in [3.05, 3.63) is 0 Å². The van der Waals surface area contributed by atoms with Crippen molar-refractivity contribution in [3.8, 4) is 0 Å². The number of hydrogen-bond donors (Lipinski definition) is 7. The quantitative estimate of drug-likeness (QED) is 0.112. The highest BCUT2D eigenvalue weighted by Gasteiger charge is 2.46. The molecule has 0 aromatic carbocycles. The van der Waals surface area contributed by atoms with Gasteiger partial charge in [-0.3, -0.25) is 14.4 Å². The Balaban J connectivity index is 3.13. The van der Waals surface area contributed by atoms with Crippen molar-refractivity contribution >= 4 is 17.8 Å². The standard InChI is InChI=1S/C22H42N4O9/c1-4-6-9-25-17-19(18(30)15(11-27)35-22(17)33)34-12(3)10-26(21(32)13(23)5-2)14(20(24)31)7-8-16(28)29/h12-15,17-19,22,25,27,30,33H,4-11,23H2,1-3H3,(H2,24,31)(H,28,29)/t12?,13?,14-,15-,17-,18-,19-,22+/m1/s1. The number of carboxylic acids is 1. The van der Waals surface area contributed by atoms with E-state index in [0.717, 1.165) is 17.7 Å². The van der Waals surface area contributed by atoms with E-state index in [-0.39, 0.29) is 25.8 Å². The maximum atomic E-state index is 13.0. The van der Waals surface area contributed by atoms with Crippen LogP contribution in [0.5, 0.6) is 0 Å². The van der Waals surface area contributed by atoms with Crippen LogP contribution >= 0.6 is 0 Å². The molecule has 0 aliphatic carbocycles. The molecular weight excluding hydrogens is 464 g/mol. The number of hydrogen-bond acceptors (Lipinski definition) is 10. The zero-order chi connectivity index (χ0) is 26.7. The average molecular weight is 507 g/mol. The van der Waals surface area contributed by atoms with E-state index < -0.39 is 73.2 Å². The molecule has 204 valence electrons. The van der Waals surface area contributed by atoms with Gasteiger partial charge in [-0.15, -0.1) is 0 Å². The lowest BCUT2D eigenvalue weighted by Gasteiger charge is -2.44. The number of carbonyl (C=O) groups is 3. The predicted octanol–water partition coefficient (Wildman–Crippen LogP) is -2.13. The van der Waals surface area contributed by atoms with Crippen molar-refractivity contribution in [2.75, 3.05) is 19.7 Å². The minimum Gasteiger partial charge on any atom is -0.481 e. The summed E-state index contributed by atoms with van der Waals surface area (Å²) in [6, 6.07) is -2.99. The molecule has 13 nitrogen and oxygen atoms in total. The zero-order valence-electron chi connectivity index (χ0n) is 20.7. The lowest BCUT2D eigenvalue weighted by atomic mass is 9.96. The summed E-state index contributed by atoms with van der Waals surface area (Å²) in [5.74, 6) is -2.62. The van der Waals surface area contributed by atoms with Gasteiger partial charge in [0.2, 0.25) is 11.8 Å². The number of amides is 2. The molecule has 0 aromatic heterocycles. The summed E-state index contributed by atoms with van der Waals surface area (Å²) < 4.78 is 11.3. The summed E-state index contributed by atoms with van der Waals surface area (Å²) in [6.07, 6.45) is -4.21. The summed E-state index contributed by atoms with van der Waals surface area (Å²) in [5.41, 5.74) is 11.4. The normalized spacial score (nSPS) is 27.1. The number of carboxylic acid groups (broad SMARTS) is 1. The van der Waals surface area contributed by atoms with Crippen LogP contribution in [0.25, 0.3) is 0 Å². The highest BCUT2D eigenvalue weighted by molar-refractivity contribution is 5.89. The van der Waals surface area contributed by atoms with Gasteiger partial charge < -0.3 is 51.6 Å². The van der Waals surface area contributed by atoms with Gasteiger partial charge in [-0.05, 0) is 32.7 Å². The van der Waals surface area contributed by atoms with Gasteiger partial charge in [0.1, 0.15) is 24.4 Å². The Morgan fingerprint density at radius 3 is 2.40 bits per heavy atom. The lowest BCUT2D eigenvalue weighted by molar-refractivity contribution is -0.268. The zero-order valence-corrected chi connectivity index (χ0v) is 20.7. The Kier molecular flexibility index (Phi) is 13.6. The molecule has 9 N–H and O–H groups in total. The Morgan fingerprint density at radius 2 is 1.89 bits per heavy atom. The second-order valence-corrected chi connectivity index (χ2v) is 8.84. The smallest absolute Gasteiger partial charge is 0.303 e. The van der Waals surface area contributed by atoms with Crippen LogP contribution in [-0.4, -0.2) is 112 Å². The van der Waals surface area contributed by atoms with Crippen LogP contribution in [-0.2, 0) is 23.9 Å². The fourth-order valence-electron chi connectivity index (χ4n) is 3.97. The molecule has 0 radical (unpaired) electrons. The van der Waals surface area contributed by atoms with Gasteiger partial charge in [0, 0.05) is 13.0 Å². The summed E-state index contributed by atoms with van der Waals surface area (Å²) in [4.78, 5) is 37.3. The SMILES string of the molecule is CCCCN[C@@H]1[C@@H](OC(C)CN(C(=O)C(N)CC)[C@H](CCC(=O)O)C(N)=O)[C@H](O)[C@@H](CO)O[C@@H]1O. The Labute approximate surface area is 205 Å². The van der Waals surface area contributed by atoms with Crippen molar-refractivity contribution in [2.45, 2.75) is 102 Å². The second kappa shape index (κ2) is 15.3. The van der Waals surface area contributed by atoms with Crippen LogP contribution < -0.4 is 16.8 Å². The van der Waals surface area contributed by atoms with Crippen molar-refractivity contribution in [3.63, 3.8) is 0 Å². The van der Waals surface area contributed by atoms with Crippen LogP contribution in [0.4, 0.5) is 0 Å². The molecule has 13 heteroatoms. The van der Waals surface area contributed by atoms with E-state index in [4.69, 9.17) is 26.0 Å². The molecule has 35 heavy (non-hydrogen) atoms. The summed E-state index contributed by atoms with van der Waals surface area (Å²) >= 11 is 0. The number of nitrogens with two attached hydrogens (primary N) is 2. The van der Waals surface area contributed by atoms with Gasteiger partial charge in [0.05, 0.1) is 24.8 Å². The predicted molar refractivity (Wildman–Crippen MR) is 125 cm³/mol. The number of ether oxygens (including phenoxy) is 2. The minimum absolute atomic E-state index is 0.175. The van der Waals surface area contributed by atoms with E-state index in [9.17, 15) is 29.7 Å². The summed E-state index contributed by atoms with van der Waals surface area (Å²) in [6.45, 7) is 5.07. The van der Waals surface area contributed by atoms with Gasteiger partial charge in [-0.25, -0.2) is 0 Å². The van der Waals surface area contributed by atoms with Gasteiger partial charge in [-0.1, -0.05) is 20.3 Å². The number of carbonyl (C=O) groups excluding carboxylic acids is 2. The molecule has 0 bridgehead atoms. The van der Waals surface area contributed by atoms with E-state index in [1.165, 1.54) is 0 Å². The highest BCUT2D eigenvalue weighted by atomic mass is 16.6. The Bertz CT molecular complexity index is 683. The first-order valence-electron chi connectivity index (χ1n) is 12.1. The number of nitrogens with zero attached hydrogens (tertiary/aromatic N) is 1. The molecular formula is C22H42N4O9. The first-order valence-corrected chi connectivity index (χ1v) is 12.1. The van der Waals surface area contributed by atoms with E-state index >= 15 is 0 Å². The molecule has 1 saturated heterocycles. The van der Waals surface area contributed by atoms with Crippen LogP contribution in [0.2, 0.25) is 0 Å². The van der Waals surface area contributed by atoms with E-state index in [1.54, 1.807) is 13.8 Å². The fourth-order valence-corrected chi connectivity index (χ4v) is 3.97. The molecule has 0 aromatic rings. The molecule has 1 rings (SSSR count). The van der Waals surface area contributed by atoms with Crippen molar-refractivity contribution in [1.29, 1.82) is 0 Å².